The Hall–Kier alpha value is -4.29. The van der Waals surface area contributed by atoms with Crippen LogP contribution < -0.4 is 10.1 Å². The van der Waals surface area contributed by atoms with E-state index < -0.39 is 15.1 Å². The van der Waals surface area contributed by atoms with Gasteiger partial charge in [0.1, 0.15) is 11.4 Å². The fourth-order valence-corrected chi connectivity index (χ4v) is 4.56. The van der Waals surface area contributed by atoms with Gasteiger partial charge in [-0.3, -0.25) is 4.79 Å². The molecule has 0 spiro atoms. The maximum atomic E-state index is 13.4. The molecule has 0 fully saturated rings. The summed E-state index contributed by atoms with van der Waals surface area (Å²) in [5, 5.41) is 10.8. The van der Waals surface area contributed by atoms with Crippen molar-refractivity contribution >= 4 is 32.5 Å². The number of ether oxygens (including phenoxy) is 1. The first-order valence-corrected chi connectivity index (χ1v) is 11.4. The predicted molar refractivity (Wildman–Crippen MR) is 122 cm³/mol. The molecule has 0 aliphatic heterocycles. The zero-order chi connectivity index (χ0) is 23.4. The lowest BCUT2D eigenvalue weighted by atomic mass is 10.2. The highest BCUT2D eigenvalue weighted by Gasteiger charge is 2.34. The first kappa shape index (κ1) is 21.9. The number of nitrogens with zero attached hydrogens (tertiary/aromatic N) is 3. The summed E-state index contributed by atoms with van der Waals surface area (Å²) in [7, 11) is -4.19. The first-order valence-electron chi connectivity index (χ1n) is 9.89. The quantitative estimate of drug-likeness (QED) is 0.454. The first-order chi connectivity index (χ1) is 15.9. The number of benzene rings is 3. The van der Waals surface area contributed by atoms with Crippen LogP contribution in [-0.4, -0.2) is 24.3 Å². The minimum atomic E-state index is -4.19. The fraction of sp³-hybridized carbons (Fsp3) is 0.0833. The molecule has 0 unspecified atom stereocenters. The maximum absolute atomic E-state index is 13.4. The van der Waals surface area contributed by atoms with Gasteiger partial charge in [-0.25, -0.2) is 18.4 Å². The summed E-state index contributed by atoms with van der Waals surface area (Å²) in [6.45, 7) is 1.35. The zero-order valence-electron chi connectivity index (χ0n) is 17.5. The Labute approximate surface area is 190 Å². The number of para-hydroxylation sites is 3. The summed E-state index contributed by atoms with van der Waals surface area (Å²) in [4.78, 5) is 20.0. The normalized spacial score (nSPS) is 12.0. The van der Waals surface area contributed by atoms with E-state index >= 15 is 0 Å². The second-order valence-electron chi connectivity index (χ2n) is 7.08. The largest absolute Gasteiger partial charge is 0.437 e. The predicted octanol–water partition coefficient (Wildman–Crippen LogP) is 4.42. The summed E-state index contributed by atoms with van der Waals surface area (Å²) in [6, 6.07) is 23.1. The summed E-state index contributed by atoms with van der Waals surface area (Å²) in [5.41, 5.74) is 1.27. The van der Waals surface area contributed by atoms with Crippen molar-refractivity contribution in [3.05, 3.63) is 84.6 Å². The number of nitriles is 1. The molecule has 33 heavy (non-hydrogen) atoms. The second-order valence-corrected chi connectivity index (χ2v) is 9.11. The van der Waals surface area contributed by atoms with E-state index in [-0.39, 0.29) is 22.4 Å². The molecule has 0 radical (unpaired) electrons. The monoisotopic (exact) mass is 458 g/mol. The Bertz CT molecular complexity index is 1460. The van der Waals surface area contributed by atoms with Gasteiger partial charge in [-0.05, 0) is 48.5 Å². The van der Waals surface area contributed by atoms with Crippen LogP contribution in [0.5, 0.6) is 11.6 Å². The molecule has 1 N–H and O–H groups in total. The fourth-order valence-electron chi connectivity index (χ4n) is 3.19. The smallest absolute Gasteiger partial charge is 0.244 e. The summed E-state index contributed by atoms with van der Waals surface area (Å²) in [5.74, 6) is 0.0802. The highest BCUT2D eigenvalue weighted by molar-refractivity contribution is 7.92. The molecule has 1 aromatic heterocycles. The average Bonchev–Trinajstić information content (AvgIpc) is 2.80. The number of rotatable bonds is 6. The van der Waals surface area contributed by atoms with Crippen LogP contribution in [-0.2, 0) is 14.6 Å². The number of carbonyl (C=O) groups excluding carboxylic acids is 1. The van der Waals surface area contributed by atoms with E-state index in [0.29, 0.717) is 22.5 Å². The van der Waals surface area contributed by atoms with Crippen LogP contribution in [0.3, 0.4) is 0 Å². The molecule has 1 heterocycles. The molecule has 164 valence electrons. The maximum Gasteiger partial charge on any atom is 0.244 e. The van der Waals surface area contributed by atoms with Crippen molar-refractivity contribution in [3.63, 3.8) is 0 Å². The molecule has 0 saturated heterocycles. The summed E-state index contributed by atoms with van der Waals surface area (Å²) < 4.78 is 32.7. The Kier molecular flexibility index (Phi) is 6.02. The Balaban J connectivity index is 1.81. The van der Waals surface area contributed by atoms with E-state index in [1.54, 1.807) is 48.5 Å². The lowest BCUT2D eigenvalue weighted by molar-refractivity contribution is -0.114. The summed E-state index contributed by atoms with van der Waals surface area (Å²) in [6.07, 6.45) is 0. The van der Waals surface area contributed by atoms with Crippen LogP contribution in [0.1, 0.15) is 17.9 Å². The molecule has 4 rings (SSSR count). The minimum Gasteiger partial charge on any atom is -0.437 e. The zero-order valence-corrected chi connectivity index (χ0v) is 18.3. The molecule has 1 atom stereocenters. The Morgan fingerprint density at radius 2 is 1.55 bits per heavy atom. The van der Waals surface area contributed by atoms with Crippen LogP contribution in [0.4, 0.5) is 5.69 Å². The van der Waals surface area contributed by atoms with E-state index in [0.717, 1.165) is 0 Å². The van der Waals surface area contributed by atoms with Gasteiger partial charge in [0.05, 0.1) is 22.0 Å². The van der Waals surface area contributed by atoms with E-state index in [1.807, 2.05) is 12.1 Å². The van der Waals surface area contributed by atoms with E-state index in [2.05, 4.69) is 15.3 Å². The molecule has 0 bridgehead atoms. The molecule has 9 heteroatoms. The molecule has 0 aliphatic carbocycles. The van der Waals surface area contributed by atoms with Crippen LogP contribution >= 0.6 is 0 Å². The standard InChI is InChI=1S/C24H18N4O4S/c1-16(29)26-17-11-13-19(14-12-17)33(30,31)22(15-25)23-24(32-18-7-3-2-4-8-18)28-21-10-6-5-9-20(21)27-23/h2-14,22H,1H3,(H,26,29)/t22-/m1/s1. The number of sulfone groups is 1. The van der Waals surface area contributed by atoms with Crippen LogP contribution in [0.25, 0.3) is 11.0 Å². The van der Waals surface area contributed by atoms with Gasteiger partial charge < -0.3 is 10.1 Å². The molecule has 0 saturated carbocycles. The third-order valence-corrected chi connectivity index (χ3v) is 6.58. The number of hydrogen-bond acceptors (Lipinski definition) is 7. The molecule has 1 amide bonds. The van der Waals surface area contributed by atoms with E-state index in [1.165, 1.54) is 31.2 Å². The minimum absolute atomic E-state index is 0.0649. The van der Waals surface area contributed by atoms with Gasteiger partial charge in [-0.15, -0.1) is 0 Å². The third-order valence-electron chi connectivity index (χ3n) is 4.70. The molecular formula is C24H18N4O4S. The van der Waals surface area contributed by atoms with Gasteiger partial charge in [0, 0.05) is 12.6 Å². The van der Waals surface area contributed by atoms with Gasteiger partial charge in [-0.2, -0.15) is 5.26 Å². The average molecular weight is 458 g/mol. The van der Waals surface area contributed by atoms with Crippen molar-refractivity contribution in [2.45, 2.75) is 17.1 Å². The third kappa shape index (κ3) is 4.66. The van der Waals surface area contributed by atoms with Crippen molar-refractivity contribution in [1.29, 1.82) is 5.26 Å². The number of hydrogen-bond donors (Lipinski definition) is 1. The van der Waals surface area contributed by atoms with E-state index in [9.17, 15) is 18.5 Å². The van der Waals surface area contributed by atoms with Gasteiger partial charge in [0.25, 0.3) is 0 Å². The van der Waals surface area contributed by atoms with Gasteiger partial charge in [0.15, 0.2) is 5.25 Å². The SMILES string of the molecule is CC(=O)Nc1ccc(S(=O)(=O)[C@H](C#N)c2nc3ccccc3nc2Oc2ccccc2)cc1. The topological polar surface area (TPSA) is 122 Å². The number of anilines is 1. The lowest BCUT2D eigenvalue weighted by Crippen LogP contribution is -2.16. The van der Waals surface area contributed by atoms with Gasteiger partial charge in [-0.1, -0.05) is 30.3 Å². The number of carbonyl (C=O) groups is 1. The van der Waals surface area contributed by atoms with Crippen molar-refractivity contribution in [1.82, 2.24) is 9.97 Å². The Morgan fingerprint density at radius 3 is 2.15 bits per heavy atom. The van der Waals surface area contributed by atoms with Crippen molar-refractivity contribution in [2.75, 3.05) is 5.32 Å². The van der Waals surface area contributed by atoms with Gasteiger partial charge in [0.2, 0.25) is 21.6 Å². The van der Waals surface area contributed by atoms with Gasteiger partial charge >= 0.3 is 0 Å². The highest BCUT2D eigenvalue weighted by Crippen LogP contribution is 2.35. The number of nitrogens with one attached hydrogen (secondary N) is 1. The van der Waals surface area contributed by atoms with Crippen LogP contribution in [0.15, 0.2) is 83.8 Å². The van der Waals surface area contributed by atoms with E-state index in [4.69, 9.17) is 4.74 Å². The lowest BCUT2D eigenvalue weighted by Gasteiger charge is -2.15. The molecular weight excluding hydrogens is 440 g/mol. The summed E-state index contributed by atoms with van der Waals surface area (Å²) >= 11 is 0. The second kappa shape index (κ2) is 9.06. The molecule has 0 aliphatic rings. The number of amides is 1. The Morgan fingerprint density at radius 1 is 0.939 bits per heavy atom. The van der Waals surface area contributed by atoms with Crippen molar-refractivity contribution in [2.24, 2.45) is 0 Å². The van der Waals surface area contributed by atoms with Crippen molar-refractivity contribution in [3.8, 4) is 17.7 Å². The number of fused-ring (bicyclic) bond motifs is 1. The molecule has 8 nitrogen and oxygen atoms in total. The molecule has 3 aromatic carbocycles. The molecule has 4 aromatic rings. The highest BCUT2D eigenvalue weighted by atomic mass is 32.2. The number of aromatic nitrogens is 2. The van der Waals surface area contributed by atoms with Crippen LogP contribution in [0, 0.1) is 11.3 Å². The van der Waals surface area contributed by atoms with Crippen molar-refractivity contribution < 1.29 is 17.9 Å². The van der Waals surface area contributed by atoms with Crippen LogP contribution in [0.2, 0.25) is 0 Å².